The third kappa shape index (κ3) is 4.39. The lowest BCUT2D eigenvalue weighted by molar-refractivity contribution is -0.136. The van der Waals surface area contributed by atoms with E-state index in [0.29, 0.717) is 5.69 Å². The summed E-state index contributed by atoms with van der Waals surface area (Å²) in [5, 5.41) is 20.2. The molecule has 0 amide bonds. The third-order valence-corrected chi connectivity index (χ3v) is 3.28. The van der Waals surface area contributed by atoms with Gasteiger partial charge in [-0.1, -0.05) is 17.7 Å². The number of aryl methyl sites for hydroxylation is 1. The van der Waals surface area contributed by atoms with Gasteiger partial charge >= 0.3 is 11.9 Å². The molecule has 1 aromatic rings. The quantitative estimate of drug-likeness (QED) is 0.649. The van der Waals surface area contributed by atoms with Crippen LogP contribution in [0.3, 0.4) is 0 Å². The van der Waals surface area contributed by atoms with E-state index in [1.165, 1.54) is 0 Å². The van der Waals surface area contributed by atoms with Gasteiger partial charge in [0.15, 0.2) is 6.04 Å². The van der Waals surface area contributed by atoms with Crippen molar-refractivity contribution in [1.29, 1.82) is 0 Å². The maximum Gasteiger partial charge on any atom is 0.331 e. The Kier molecular flexibility index (Phi) is 5.27. The Morgan fingerprint density at radius 3 is 2.15 bits per heavy atom. The second kappa shape index (κ2) is 6.71. The van der Waals surface area contributed by atoms with Gasteiger partial charge in [0.25, 0.3) is 0 Å². The van der Waals surface area contributed by atoms with Crippen LogP contribution in [0.1, 0.15) is 12.0 Å². The van der Waals surface area contributed by atoms with Crippen LogP contribution in [0.2, 0.25) is 0 Å². The number of aliphatic carboxylic acids is 2. The smallest absolute Gasteiger partial charge is 0.331 e. The monoisotopic (exact) mass is 299 g/mol. The Bertz CT molecular complexity index is 639. The number of benzene rings is 1. The lowest BCUT2D eigenvalue weighted by Gasteiger charge is -2.15. The zero-order valence-electron chi connectivity index (χ0n) is 10.5. The van der Waals surface area contributed by atoms with Crippen LogP contribution in [0.15, 0.2) is 24.3 Å². The SMILES string of the molecule is Cc1ccc(N[C@H](C(=O)O)C(CC(=O)O)=S(=O)=O)cc1. The number of carboxylic acid groups (broad SMARTS) is 2. The molecule has 0 bridgehead atoms. The van der Waals surface area contributed by atoms with Crippen molar-refractivity contribution in [1.82, 2.24) is 0 Å². The van der Waals surface area contributed by atoms with Gasteiger partial charge in [0.2, 0.25) is 10.3 Å². The van der Waals surface area contributed by atoms with Gasteiger partial charge in [0, 0.05) is 5.69 Å². The summed E-state index contributed by atoms with van der Waals surface area (Å²) in [6, 6.07) is 4.97. The standard InChI is InChI=1S/C12H13NO6S/c1-7-2-4-8(5-3-7)13-11(12(16)17)9(20(18)19)6-10(14)15/h2-5,11,13H,6H2,1H3,(H,14,15)(H,16,17)/t11-/m0/s1. The number of nitrogens with one attached hydrogen (secondary N) is 1. The number of hydrogen-bond donors (Lipinski definition) is 3. The van der Waals surface area contributed by atoms with Crippen LogP contribution >= 0.6 is 0 Å². The Hall–Kier alpha value is -2.35. The minimum Gasteiger partial charge on any atom is -0.481 e. The molecule has 1 atom stereocenters. The van der Waals surface area contributed by atoms with E-state index in [4.69, 9.17) is 10.2 Å². The molecule has 0 saturated heterocycles. The van der Waals surface area contributed by atoms with Crippen molar-refractivity contribution in [2.45, 2.75) is 19.4 Å². The van der Waals surface area contributed by atoms with Gasteiger partial charge in [0.1, 0.15) is 0 Å². The van der Waals surface area contributed by atoms with Crippen molar-refractivity contribution in [2.75, 3.05) is 5.32 Å². The second-order valence-electron chi connectivity index (χ2n) is 4.05. The largest absolute Gasteiger partial charge is 0.481 e. The van der Waals surface area contributed by atoms with E-state index < -0.39 is 39.6 Å². The van der Waals surface area contributed by atoms with E-state index in [1.807, 2.05) is 6.92 Å². The van der Waals surface area contributed by atoms with Gasteiger partial charge in [-0.2, -0.15) is 8.42 Å². The first-order valence-electron chi connectivity index (χ1n) is 5.54. The van der Waals surface area contributed by atoms with Crippen LogP contribution in [-0.2, 0) is 19.9 Å². The lowest BCUT2D eigenvalue weighted by atomic mass is 10.1. The van der Waals surface area contributed by atoms with Crippen LogP contribution in [-0.4, -0.2) is 41.5 Å². The van der Waals surface area contributed by atoms with Gasteiger partial charge in [-0.25, -0.2) is 4.79 Å². The molecular weight excluding hydrogens is 286 g/mol. The van der Waals surface area contributed by atoms with Gasteiger partial charge in [-0.3, -0.25) is 4.79 Å². The average Bonchev–Trinajstić information content (AvgIpc) is 2.35. The van der Waals surface area contributed by atoms with Crippen LogP contribution < -0.4 is 5.32 Å². The number of hydrogen-bond acceptors (Lipinski definition) is 5. The van der Waals surface area contributed by atoms with Crippen molar-refractivity contribution < 1.29 is 28.2 Å². The zero-order valence-corrected chi connectivity index (χ0v) is 11.3. The first kappa shape index (κ1) is 15.7. The summed E-state index contributed by atoms with van der Waals surface area (Å²) in [6.45, 7) is 1.84. The minimum absolute atomic E-state index is 0.385. The van der Waals surface area contributed by atoms with Gasteiger partial charge in [-0.05, 0) is 19.1 Å². The second-order valence-corrected chi connectivity index (χ2v) is 5.05. The molecule has 0 aliphatic carbocycles. The molecule has 1 aromatic carbocycles. The predicted molar refractivity (Wildman–Crippen MR) is 72.4 cm³/mol. The summed E-state index contributed by atoms with van der Waals surface area (Å²) in [6.07, 6.45) is -0.869. The summed E-state index contributed by atoms with van der Waals surface area (Å²) in [7, 11) is -2.91. The first-order valence-corrected chi connectivity index (χ1v) is 6.61. The van der Waals surface area contributed by atoms with Crippen molar-refractivity contribution in [3.63, 3.8) is 0 Å². The summed E-state index contributed by atoms with van der Waals surface area (Å²) in [5.41, 5.74) is 1.33. The van der Waals surface area contributed by atoms with Crippen LogP contribution in [0.25, 0.3) is 0 Å². The highest BCUT2D eigenvalue weighted by Gasteiger charge is 2.27. The highest BCUT2D eigenvalue weighted by Crippen LogP contribution is 2.11. The van der Waals surface area contributed by atoms with Gasteiger partial charge in [0.05, 0.1) is 11.3 Å². The summed E-state index contributed by atoms with van der Waals surface area (Å²) in [4.78, 5) is 21.1. The van der Waals surface area contributed by atoms with Crippen LogP contribution in [0, 0.1) is 6.92 Å². The number of anilines is 1. The molecule has 7 nitrogen and oxygen atoms in total. The van der Waals surface area contributed by atoms with E-state index in [9.17, 15) is 18.0 Å². The Morgan fingerprint density at radius 1 is 1.20 bits per heavy atom. The van der Waals surface area contributed by atoms with Crippen LogP contribution in [0.5, 0.6) is 0 Å². The Morgan fingerprint density at radius 2 is 1.75 bits per heavy atom. The molecule has 0 aliphatic rings. The number of carbonyl (C=O) groups is 2. The van der Waals surface area contributed by atoms with E-state index in [1.54, 1.807) is 24.3 Å². The summed E-state index contributed by atoms with van der Waals surface area (Å²) >= 11 is 0. The maximum atomic E-state index is 11.1. The first-order chi connectivity index (χ1) is 9.31. The van der Waals surface area contributed by atoms with Crippen molar-refractivity contribution in [3.8, 4) is 0 Å². The molecular formula is C12H13NO6S. The number of rotatable bonds is 6. The molecule has 8 heteroatoms. The fraction of sp³-hybridized carbons (Fsp3) is 0.250. The molecule has 0 fully saturated rings. The third-order valence-electron chi connectivity index (χ3n) is 2.47. The topological polar surface area (TPSA) is 121 Å². The van der Waals surface area contributed by atoms with E-state index in [2.05, 4.69) is 5.32 Å². The van der Waals surface area contributed by atoms with E-state index in [-0.39, 0.29) is 0 Å². The normalized spacial score (nSPS) is 11.4. The molecule has 0 saturated carbocycles. The molecule has 0 spiro atoms. The fourth-order valence-corrected chi connectivity index (χ4v) is 2.10. The summed E-state index contributed by atoms with van der Waals surface area (Å²) in [5.74, 6) is -2.88. The number of carboxylic acids is 2. The molecule has 20 heavy (non-hydrogen) atoms. The molecule has 0 unspecified atom stereocenters. The maximum absolute atomic E-state index is 11.1. The van der Waals surface area contributed by atoms with Crippen LogP contribution in [0.4, 0.5) is 5.69 Å². The molecule has 3 N–H and O–H groups in total. The van der Waals surface area contributed by atoms with Crippen molar-refractivity contribution in [2.24, 2.45) is 0 Å². The molecule has 0 aromatic heterocycles. The lowest BCUT2D eigenvalue weighted by Crippen LogP contribution is -2.39. The highest BCUT2D eigenvalue weighted by molar-refractivity contribution is 7.73. The molecule has 0 heterocycles. The molecule has 0 radical (unpaired) electrons. The fourth-order valence-electron chi connectivity index (χ4n) is 1.50. The molecule has 108 valence electrons. The minimum atomic E-state index is -2.91. The Labute approximate surface area is 116 Å². The van der Waals surface area contributed by atoms with Gasteiger partial charge < -0.3 is 15.5 Å². The van der Waals surface area contributed by atoms with E-state index in [0.717, 1.165) is 5.56 Å². The van der Waals surface area contributed by atoms with Crippen molar-refractivity contribution in [3.05, 3.63) is 29.8 Å². The summed E-state index contributed by atoms with van der Waals surface area (Å²) < 4.78 is 22.0. The average molecular weight is 299 g/mol. The highest BCUT2D eigenvalue weighted by atomic mass is 32.2. The van der Waals surface area contributed by atoms with Gasteiger partial charge in [-0.15, -0.1) is 0 Å². The van der Waals surface area contributed by atoms with E-state index >= 15 is 0 Å². The zero-order chi connectivity index (χ0) is 15.3. The predicted octanol–water partition coefficient (Wildman–Crippen LogP) is 0.386. The molecule has 1 rings (SSSR count). The van der Waals surface area contributed by atoms with Crippen molar-refractivity contribution >= 4 is 32.8 Å². The molecule has 0 aliphatic heterocycles. The Balaban J connectivity index is 3.11.